The third-order valence-electron chi connectivity index (χ3n) is 3.29. The number of likely N-dealkylation sites (tertiary alicyclic amines) is 1. The number of aliphatic hydroxyl groups is 1. The highest BCUT2D eigenvalue weighted by molar-refractivity contribution is 7.81. The zero-order chi connectivity index (χ0) is 15.1. The molecule has 114 valence electrons. The molecule has 1 amide bonds. The summed E-state index contributed by atoms with van der Waals surface area (Å²) in [6.45, 7) is 10.1. The van der Waals surface area contributed by atoms with Crippen molar-refractivity contribution in [3.63, 3.8) is 0 Å². The lowest BCUT2D eigenvalue weighted by atomic mass is 9.94. The van der Waals surface area contributed by atoms with Crippen LogP contribution in [0.4, 0.5) is 0 Å². The smallest absolute Gasteiger partial charge is 0.222 e. The maximum atomic E-state index is 11.5. The number of carbonyl (C=O) groups excluding carboxylic acids is 1. The molecule has 1 saturated heterocycles. The third kappa shape index (κ3) is 7.80. The van der Waals surface area contributed by atoms with Gasteiger partial charge in [0.1, 0.15) is 6.23 Å². The van der Waals surface area contributed by atoms with Gasteiger partial charge in [0.2, 0.25) is 5.91 Å². The number of rotatable bonds is 5. The number of aliphatic hydroxyl groups excluding tert-OH is 1. The second-order valence-electron chi connectivity index (χ2n) is 5.75. The molecule has 0 aromatic heterocycles. The summed E-state index contributed by atoms with van der Waals surface area (Å²) in [5.74, 6) is 0.712. The van der Waals surface area contributed by atoms with E-state index in [0.717, 1.165) is 25.9 Å². The van der Waals surface area contributed by atoms with E-state index < -0.39 is 6.23 Å². The minimum Gasteiger partial charge on any atom is -0.379 e. The number of hydrogen-bond acceptors (Lipinski definition) is 4. The Hall–Kier alpha value is -0.260. The molecule has 0 saturated carbocycles. The molecule has 0 aromatic carbocycles. The van der Waals surface area contributed by atoms with E-state index in [4.69, 9.17) is 10.8 Å². The largest absolute Gasteiger partial charge is 0.379 e. The van der Waals surface area contributed by atoms with Gasteiger partial charge in [0.15, 0.2) is 0 Å². The van der Waals surface area contributed by atoms with Gasteiger partial charge in [-0.15, -0.1) is 0 Å². The monoisotopic (exact) mass is 290 g/mol. The van der Waals surface area contributed by atoms with Crippen LogP contribution in [0.25, 0.3) is 0 Å². The first-order chi connectivity index (χ1) is 8.72. The number of amides is 1. The number of thiol groups is 1. The fraction of sp³-hybridized carbons (Fsp3) is 0.929. The van der Waals surface area contributed by atoms with Gasteiger partial charge in [0, 0.05) is 24.3 Å². The van der Waals surface area contributed by atoms with Crippen LogP contribution in [0, 0.1) is 5.92 Å². The molecule has 4 nitrogen and oxygen atoms in total. The Kier molecular flexibility index (Phi) is 8.70. The van der Waals surface area contributed by atoms with Crippen molar-refractivity contribution in [1.29, 1.82) is 0 Å². The van der Waals surface area contributed by atoms with Gasteiger partial charge >= 0.3 is 0 Å². The SMILES string of the molecule is CCCC(N)O.CCCN1CC(C(C)(C)S)CC1=O. The van der Waals surface area contributed by atoms with Crippen LogP contribution < -0.4 is 5.73 Å². The molecular formula is C14H30N2O2S. The fourth-order valence-electron chi connectivity index (χ4n) is 2.03. The van der Waals surface area contributed by atoms with Crippen LogP contribution >= 0.6 is 12.6 Å². The summed E-state index contributed by atoms with van der Waals surface area (Å²) in [6, 6.07) is 0. The Bertz CT molecular complexity index is 265. The fourth-order valence-corrected chi connectivity index (χ4v) is 2.20. The summed E-state index contributed by atoms with van der Waals surface area (Å²) in [4.78, 5) is 13.5. The average Bonchev–Trinajstić information content (AvgIpc) is 2.61. The Balaban J connectivity index is 0.000000459. The van der Waals surface area contributed by atoms with E-state index in [1.807, 2.05) is 11.8 Å². The minimum atomic E-state index is -0.602. The van der Waals surface area contributed by atoms with Crippen LogP contribution in [0.3, 0.4) is 0 Å². The van der Waals surface area contributed by atoms with E-state index in [-0.39, 0.29) is 4.75 Å². The van der Waals surface area contributed by atoms with Crippen LogP contribution in [0.2, 0.25) is 0 Å². The lowest BCUT2D eigenvalue weighted by molar-refractivity contribution is -0.127. The van der Waals surface area contributed by atoms with Crippen molar-refractivity contribution < 1.29 is 9.90 Å². The van der Waals surface area contributed by atoms with Crippen molar-refractivity contribution in [2.45, 2.75) is 64.4 Å². The highest BCUT2D eigenvalue weighted by Gasteiger charge is 2.36. The maximum absolute atomic E-state index is 11.5. The quantitative estimate of drug-likeness (QED) is 0.536. The summed E-state index contributed by atoms with van der Waals surface area (Å²) in [7, 11) is 0. The summed E-state index contributed by atoms with van der Waals surface area (Å²) >= 11 is 4.52. The molecule has 2 atom stereocenters. The highest BCUT2D eigenvalue weighted by atomic mass is 32.1. The molecule has 0 bridgehead atoms. The summed E-state index contributed by atoms with van der Waals surface area (Å²) in [5.41, 5.74) is 4.96. The van der Waals surface area contributed by atoms with Gasteiger partial charge < -0.3 is 15.7 Å². The standard InChI is InChI=1S/C10H19NOS.C4H11NO/c1-4-5-11-7-8(6-9(11)12)10(2,3)13;1-2-3-4(5)6/h8,13H,4-7H2,1-3H3;4,6H,2-3,5H2,1H3. The number of carbonyl (C=O) groups is 1. The van der Waals surface area contributed by atoms with E-state index in [1.165, 1.54) is 0 Å². The zero-order valence-electron chi connectivity index (χ0n) is 12.7. The van der Waals surface area contributed by atoms with Gasteiger partial charge in [0.25, 0.3) is 0 Å². The first kappa shape index (κ1) is 18.7. The second kappa shape index (κ2) is 8.82. The van der Waals surface area contributed by atoms with Gasteiger partial charge in [-0.2, -0.15) is 12.6 Å². The van der Waals surface area contributed by atoms with Crippen molar-refractivity contribution in [1.82, 2.24) is 4.90 Å². The molecule has 0 aliphatic carbocycles. The summed E-state index contributed by atoms with van der Waals surface area (Å²) in [6.07, 6.45) is 2.79. The molecule has 1 fully saturated rings. The van der Waals surface area contributed by atoms with Crippen LogP contribution in [0.1, 0.15) is 53.4 Å². The van der Waals surface area contributed by atoms with Crippen molar-refractivity contribution in [3.8, 4) is 0 Å². The normalized spacial score (nSPS) is 21.1. The van der Waals surface area contributed by atoms with Crippen LogP contribution in [0.5, 0.6) is 0 Å². The number of hydrogen-bond donors (Lipinski definition) is 3. The first-order valence-electron chi connectivity index (χ1n) is 7.16. The molecule has 1 rings (SSSR count). The Labute approximate surface area is 123 Å². The van der Waals surface area contributed by atoms with E-state index >= 15 is 0 Å². The molecule has 0 radical (unpaired) electrons. The topological polar surface area (TPSA) is 66.6 Å². The maximum Gasteiger partial charge on any atom is 0.222 e. The van der Waals surface area contributed by atoms with E-state index in [1.54, 1.807) is 0 Å². The highest BCUT2D eigenvalue weighted by Crippen LogP contribution is 2.32. The Morgan fingerprint density at radius 1 is 1.47 bits per heavy atom. The Morgan fingerprint density at radius 3 is 2.32 bits per heavy atom. The summed E-state index contributed by atoms with van der Waals surface area (Å²) < 4.78 is -0.0296. The molecule has 1 aliphatic rings. The van der Waals surface area contributed by atoms with E-state index in [0.29, 0.717) is 24.7 Å². The van der Waals surface area contributed by atoms with Gasteiger partial charge in [-0.05, 0) is 18.8 Å². The Morgan fingerprint density at radius 2 is 2.05 bits per heavy atom. The average molecular weight is 290 g/mol. The zero-order valence-corrected chi connectivity index (χ0v) is 13.6. The molecule has 19 heavy (non-hydrogen) atoms. The van der Waals surface area contributed by atoms with Crippen LogP contribution in [0.15, 0.2) is 0 Å². The third-order valence-corrected chi connectivity index (χ3v) is 3.66. The van der Waals surface area contributed by atoms with Gasteiger partial charge in [-0.3, -0.25) is 4.79 Å². The molecule has 2 unspecified atom stereocenters. The molecule has 1 aliphatic heterocycles. The van der Waals surface area contributed by atoms with Gasteiger partial charge in [0.05, 0.1) is 0 Å². The van der Waals surface area contributed by atoms with Crippen LogP contribution in [-0.4, -0.2) is 40.0 Å². The van der Waals surface area contributed by atoms with Crippen molar-refractivity contribution >= 4 is 18.5 Å². The number of nitrogens with zero attached hydrogens (tertiary/aromatic N) is 1. The van der Waals surface area contributed by atoms with E-state index in [9.17, 15) is 4.79 Å². The minimum absolute atomic E-state index is 0.0296. The molecule has 1 heterocycles. The van der Waals surface area contributed by atoms with Crippen molar-refractivity contribution in [2.24, 2.45) is 11.7 Å². The molecular weight excluding hydrogens is 260 g/mol. The molecule has 5 heteroatoms. The van der Waals surface area contributed by atoms with Crippen molar-refractivity contribution in [3.05, 3.63) is 0 Å². The van der Waals surface area contributed by atoms with Crippen molar-refractivity contribution in [2.75, 3.05) is 13.1 Å². The lowest BCUT2D eigenvalue weighted by Crippen LogP contribution is -2.30. The number of nitrogens with two attached hydrogens (primary N) is 1. The second-order valence-corrected chi connectivity index (χ2v) is 6.90. The van der Waals surface area contributed by atoms with Gasteiger partial charge in [-0.1, -0.05) is 34.1 Å². The predicted octanol–water partition coefficient (Wildman–Crippen LogP) is 2.02. The first-order valence-corrected chi connectivity index (χ1v) is 7.60. The lowest BCUT2D eigenvalue weighted by Gasteiger charge is -2.25. The predicted molar refractivity (Wildman–Crippen MR) is 83.1 cm³/mol. The molecule has 0 spiro atoms. The van der Waals surface area contributed by atoms with E-state index in [2.05, 4.69) is 33.4 Å². The molecule has 3 N–H and O–H groups in total. The van der Waals surface area contributed by atoms with Crippen LogP contribution in [-0.2, 0) is 4.79 Å². The van der Waals surface area contributed by atoms with Gasteiger partial charge in [-0.25, -0.2) is 0 Å². The molecule has 0 aromatic rings. The summed E-state index contributed by atoms with van der Waals surface area (Å²) in [5, 5.41) is 8.33.